The molecule has 1 aromatic heterocycles. The second kappa shape index (κ2) is 4.51. The standard InChI is InChI=1S/C7H5IN2O3S/c8-6-5(10-7(9)14-6)3(11)1-2-4(12)13/h1-2H,(H2,9,10)(H,12,13). The van der Waals surface area contributed by atoms with Crippen LogP contribution >= 0.6 is 33.9 Å². The highest BCUT2D eigenvalue weighted by molar-refractivity contribution is 14.1. The van der Waals surface area contributed by atoms with Crippen LogP contribution in [0.2, 0.25) is 0 Å². The van der Waals surface area contributed by atoms with E-state index >= 15 is 0 Å². The summed E-state index contributed by atoms with van der Waals surface area (Å²) in [6.07, 6.45) is 1.73. The number of carbonyl (C=O) groups is 2. The van der Waals surface area contributed by atoms with Crippen LogP contribution in [-0.2, 0) is 4.79 Å². The van der Waals surface area contributed by atoms with Crippen LogP contribution in [-0.4, -0.2) is 21.8 Å². The number of ketones is 1. The Labute approximate surface area is 96.8 Å². The van der Waals surface area contributed by atoms with Crippen molar-refractivity contribution in [3.05, 3.63) is 20.7 Å². The fraction of sp³-hybridized carbons (Fsp3) is 0. The zero-order valence-electron chi connectivity index (χ0n) is 6.73. The molecule has 0 fully saturated rings. The second-order valence-corrected chi connectivity index (χ2v) is 5.05. The van der Waals surface area contributed by atoms with Gasteiger partial charge in [-0.05, 0) is 28.7 Å². The molecule has 0 aliphatic carbocycles. The van der Waals surface area contributed by atoms with Crippen molar-refractivity contribution in [3.63, 3.8) is 0 Å². The molecule has 0 radical (unpaired) electrons. The number of anilines is 1. The van der Waals surface area contributed by atoms with Crippen LogP contribution in [0.1, 0.15) is 10.5 Å². The van der Waals surface area contributed by atoms with Crippen molar-refractivity contribution in [1.29, 1.82) is 0 Å². The normalized spacial score (nSPS) is 10.6. The molecule has 1 aromatic rings. The van der Waals surface area contributed by atoms with E-state index in [0.717, 1.165) is 12.2 Å². The molecule has 0 amide bonds. The molecular formula is C7H5IN2O3S. The summed E-state index contributed by atoms with van der Waals surface area (Å²) in [7, 11) is 0. The molecule has 14 heavy (non-hydrogen) atoms. The number of rotatable bonds is 3. The molecule has 7 heteroatoms. The Morgan fingerprint density at radius 3 is 2.57 bits per heavy atom. The summed E-state index contributed by atoms with van der Waals surface area (Å²) in [6, 6.07) is 0. The minimum atomic E-state index is -1.17. The lowest BCUT2D eigenvalue weighted by Crippen LogP contribution is -1.99. The van der Waals surface area contributed by atoms with Gasteiger partial charge in [0.05, 0.1) is 2.88 Å². The van der Waals surface area contributed by atoms with E-state index in [1.807, 2.05) is 22.6 Å². The average Bonchev–Trinajstić information content (AvgIpc) is 2.41. The number of halogens is 1. The Bertz CT molecular complexity index is 413. The molecule has 0 spiro atoms. The number of aliphatic carboxylic acids is 1. The minimum Gasteiger partial charge on any atom is -0.478 e. The summed E-state index contributed by atoms with van der Waals surface area (Å²) in [5, 5.41) is 8.59. The van der Waals surface area contributed by atoms with Crippen molar-refractivity contribution in [1.82, 2.24) is 4.98 Å². The van der Waals surface area contributed by atoms with Gasteiger partial charge in [0.2, 0.25) is 5.78 Å². The summed E-state index contributed by atoms with van der Waals surface area (Å²) >= 11 is 3.11. The van der Waals surface area contributed by atoms with Gasteiger partial charge >= 0.3 is 5.97 Å². The summed E-state index contributed by atoms with van der Waals surface area (Å²) in [5.74, 6) is -1.62. The molecule has 5 nitrogen and oxygen atoms in total. The number of nitrogen functional groups attached to an aromatic ring is 1. The van der Waals surface area contributed by atoms with Gasteiger partial charge in [-0.25, -0.2) is 9.78 Å². The van der Waals surface area contributed by atoms with Crippen LogP contribution in [0.15, 0.2) is 12.2 Å². The van der Waals surface area contributed by atoms with Crippen molar-refractivity contribution in [2.75, 3.05) is 5.73 Å². The molecule has 0 unspecified atom stereocenters. The van der Waals surface area contributed by atoms with E-state index in [1.54, 1.807) is 0 Å². The number of nitrogens with two attached hydrogens (primary N) is 1. The monoisotopic (exact) mass is 324 g/mol. The third-order valence-electron chi connectivity index (χ3n) is 1.21. The van der Waals surface area contributed by atoms with Crippen LogP contribution in [0.4, 0.5) is 5.13 Å². The van der Waals surface area contributed by atoms with Gasteiger partial charge in [0.25, 0.3) is 0 Å². The Balaban J connectivity index is 2.90. The SMILES string of the molecule is Nc1nc(C(=O)C=CC(=O)O)c(I)s1. The number of thiazole rings is 1. The number of hydrogen-bond acceptors (Lipinski definition) is 5. The average molecular weight is 324 g/mol. The summed E-state index contributed by atoms with van der Waals surface area (Å²) in [6.45, 7) is 0. The molecule has 0 saturated heterocycles. The summed E-state index contributed by atoms with van der Waals surface area (Å²) in [5.41, 5.74) is 5.58. The molecule has 3 N–H and O–H groups in total. The van der Waals surface area contributed by atoms with Gasteiger partial charge in [-0.15, -0.1) is 0 Å². The van der Waals surface area contributed by atoms with Gasteiger partial charge < -0.3 is 10.8 Å². The van der Waals surface area contributed by atoms with Gasteiger partial charge in [-0.3, -0.25) is 4.79 Å². The maximum atomic E-state index is 11.3. The number of carboxylic acid groups (broad SMARTS) is 1. The number of carbonyl (C=O) groups excluding carboxylic acids is 1. The lowest BCUT2D eigenvalue weighted by Gasteiger charge is -1.87. The first-order valence-electron chi connectivity index (χ1n) is 3.38. The maximum Gasteiger partial charge on any atom is 0.328 e. The fourth-order valence-electron chi connectivity index (χ4n) is 0.695. The number of carboxylic acids is 1. The Morgan fingerprint density at radius 1 is 1.50 bits per heavy atom. The van der Waals surface area contributed by atoms with Crippen LogP contribution in [0.5, 0.6) is 0 Å². The van der Waals surface area contributed by atoms with Gasteiger partial charge in [0, 0.05) is 6.08 Å². The molecule has 0 aliphatic rings. The topological polar surface area (TPSA) is 93.3 Å². The molecule has 74 valence electrons. The number of hydrogen-bond donors (Lipinski definition) is 2. The Hall–Kier alpha value is -0.960. The molecule has 0 aromatic carbocycles. The molecule has 1 rings (SSSR count). The van der Waals surface area contributed by atoms with Crippen LogP contribution in [0.25, 0.3) is 0 Å². The van der Waals surface area contributed by atoms with Crippen LogP contribution < -0.4 is 5.73 Å². The summed E-state index contributed by atoms with van der Waals surface area (Å²) < 4.78 is 0.653. The van der Waals surface area contributed by atoms with E-state index in [9.17, 15) is 9.59 Å². The van der Waals surface area contributed by atoms with Gasteiger partial charge in [-0.2, -0.15) is 0 Å². The van der Waals surface area contributed by atoms with Crippen molar-refractivity contribution < 1.29 is 14.7 Å². The number of allylic oxidation sites excluding steroid dienone is 1. The van der Waals surface area contributed by atoms with Gasteiger partial charge in [0.1, 0.15) is 5.69 Å². The minimum absolute atomic E-state index is 0.200. The van der Waals surface area contributed by atoms with E-state index in [-0.39, 0.29) is 5.69 Å². The Kier molecular flexibility index (Phi) is 3.58. The van der Waals surface area contributed by atoms with E-state index < -0.39 is 11.8 Å². The van der Waals surface area contributed by atoms with Crippen LogP contribution in [0, 0.1) is 2.88 Å². The molecule has 0 aliphatic heterocycles. The van der Waals surface area contributed by atoms with Gasteiger partial charge in [0.15, 0.2) is 5.13 Å². The lowest BCUT2D eigenvalue weighted by molar-refractivity contribution is -0.131. The predicted molar refractivity (Wildman–Crippen MR) is 60.3 cm³/mol. The molecule has 1 heterocycles. The second-order valence-electron chi connectivity index (χ2n) is 2.21. The van der Waals surface area contributed by atoms with Crippen molar-refractivity contribution in [3.8, 4) is 0 Å². The van der Waals surface area contributed by atoms with E-state index in [0.29, 0.717) is 8.02 Å². The zero-order chi connectivity index (χ0) is 10.7. The van der Waals surface area contributed by atoms with E-state index in [4.69, 9.17) is 10.8 Å². The highest BCUT2D eigenvalue weighted by Crippen LogP contribution is 2.22. The smallest absolute Gasteiger partial charge is 0.328 e. The highest BCUT2D eigenvalue weighted by Gasteiger charge is 2.12. The first-order chi connectivity index (χ1) is 6.50. The first kappa shape index (κ1) is 11.1. The van der Waals surface area contributed by atoms with Crippen LogP contribution in [0.3, 0.4) is 0 Å². The number of aromatic nitrogens is 1. The van der Waals surface area contributed by atoms with E-state index in [2.05, 4.69) is 4.98 Å². The fourth-order valence-corrected chi connectivity index (χ4v) is 2.32. The molecule has 0 bridgehead atoms. The molecular weight excluding hydrogens is 319 g/mol. The maximum absolute atomic E-state index is 11.3. The third kappa shape index (κ3) is 2.77. The number of nitrogens with zero attached hydrogens (tertiary/aromatic N) is 1. The van der Waals surface area contributed by atoms with Gasteiger partial charge in [-0.1, -0.05) is 11.3 Å². The highest BCUT2D eigenvalue weighted by atomic mass is 127. The third-order valence-corrected chi connectivity index (χ3v) is 3.06. The molecule has 0 saturated carbocycles. The van der Waals surface area contributed by atoms with E-state index in [1.165, 1.54) is 11.3 Å². The first-order valence-corrected chi connectivity index (χ1v) is 5.27. The predicted octanol–water partition coefficient (Wildman–Crippen LogP) is 1.15. The zero-order valence-corrected chi connectivity index (χ0v) is 9.70. The Morgan fingerprint density at radius 2 is 2.14 bits per heavy atom. The quantitative estimate of drug-likeness (QED) is 0.494. The largest absolute Gasteiger partial charge is 0.478 e. The lowest BCUT2D eigenvalue weighted by atomic mass is 10.3. The summed E-state index contributed by atoms with van der Waals surface area (Å²) in [4.78, 5) is 25.2. The van der Waals surface area contributed by atoms with Crippen molar-refractivity contribution >= 4 is 50.8 Å². The molecule has 0 atom stereocenters. The van der Waals surface area contributed by atoms with Crippen molar-refractivity contribution in [2.24, 2.45) is 0 Å². The van der Waals surface area contributed by atoms with Crippen molar-refractivity contribution in [2.45, 2.75) is 0 Å².